The fourth-order valence-electron chi connectivity index (χ4n) is 3.69. The molecule has 1 fully saturated rings. The Kier molecular flexibility index (Phi) is 6.25. The van der Waals surface area contributed by atoms with Crippen LogP contribution in [0, 0.1) is 6.92 Å². The first-order valence-electron chi connectivity index (χ1n) is 10.2. The third-order valence-electron chi connectivity index (χ3n) is 5.33. The standard InChI is InChI=1S/C22H27N5O3/c1-17-14-19(25(2)24-17)15-27(9-8-26-10-12-29-13-11-26)22(28)20-21(30-16-23-20)18-6-4-3-5-7-18/h3-7,14,16H,8-13,15H2,1-2H3. The largest absolute Gasteiger partial charge is 0.443 e. The Morgan fingerprint density at radius 1 is 1.20 bits per heavy atom. The molecule has 0 radical (unpaired) electrons. The first kappa shape index (κ1) is 20.3. The second-order valence-electron chi connectivity index (χ2n) is 7.48. The van der Waals surface area contributed by atoms with E-state index in [0.717, 1.165) is 49.8 Å². The van der Waals surface area contributed by atoms with Gasteiger partial charge < -0.3 is 14.1 Å². The number of amides is 1. The Morgan fingerprint density at radius 3 is 2.67 bits per heavy atom. The van der Waals surface area contributed by atoms with Crippen molar-refractivity contribution in [1.29, 1.82) is 0 Å². The highest BCUT2D eigenvalue weighted by atomic mass is 16.5. The molecule has 0 atom stereocenters. The van der Waals surface area contributed by atoms with Gasteiger partial charge in [-0.05, 0) is 13.0 Å². The maximum Gasteiger partial charge on any atom is 0.276 e. The van der Waals surface area contributed by atoms with E-state index in [1.165, 1.54) is 6.39 Å². The summed E-state index contributed by atoms with van der Waals surface area (Å²) >= 11 is 0. The van der Waals surface area contributed by atoms with Gasteiger partial charge in [-0.15, -0.1) is 0 Å². The van der Waals surface area contributed by atoms with Crippen LogP contribution in [-0.2, 0) is 18.3 Å². The lowest BCUT2D eigenvalue weighted by molar-refractivity contribution is 0.0318. The summed E-state index contributed by atoms with van der Waals surface area (Å²) in [5, 5.41) is 4.42. The van der Waals surface area contributed by atoms with Crippen molar-refractivity contribution in [2.24, 2.45) is 7.05 Å². The molecule has 0 spiro atoms. The molecule has 1 saturated heterocycles. The van der Waals surface area contributed by atoms with Crippen molar-refractivity contribution in [2.45, 2.75) is 13.5 Å². The van der Waals surface area contributed by atoms with Gasteiger partial charge in [-0.25, -0.2) is 4.98 Å². The van der Waals surface area contributed by atoms with E-state index in [0.29, 0.717) is 24.5 Å². The van der Waals surface area contributed by atoms with E-state index in [-0.39, 0.29) is 5.91 Å². The lowest BCUT2D eigenvalue weighted by Gasteiger charge is -2.30. The molecule has 4 rings (SSSR count). The summed E-state index contributed by atoms with van der Waals surface area (Å²) < 4.78 is 12.9. The molecule has 0 N–H and O–H groups in total. The van der Waals surface area contributed by atoms with Gasteiger partial charge in [0.1, 0.15) is 0 Å². The summed E-state index contributed by atoms with van der Waals surface area (Å²) in [5.74, 6) is 0.355. The number of oxazole rings is 1. The van der Waals surface area contributed by atoms with Crippen LogP contribution in [0.2, 0.25) is 0 Å². The molecule has 0 saturated carbocycles. The monoisotopic (exact) mass is 409 g/mol. The van der Waals surface area contributed by atoms with Gasteiger partial charge in [0, 0.05) is 38.8 Å². The first-order valence-corrected chi connectivity index (χ1v) is 10.2. The van der Waals surface area contributed by atoms with Gasteiger partial charge in [0.05, 0.1) is 31.1 Å². The number of carbonyl (C=O) groups is 1. The summed E-state index contributed by atoms with van der Waals surface area (Å²) in [7, 11) is 1.90. The number of benzene rings is 1. The van der Waals surface area contributed by atoms with Crippen molar-refractivity contribution >= 4 is 5.91 Å². The molecule has 1 aliphatic heterocycles. The molecule has 30 heavy (non-hydrogen) atoms. The van der Waals surface area contributed by atoms with Crippen molar-refractivity contribution < 1.29 is 13.9 Å². The van der Waals surface area contributed by atoms with Gasteiger partial charge in [0.15, 0.2) is 17.8 Å². The van der Waals surface area contributed by atoms with E-state index in [9.17, 15) is 4.79 Å². The number of carbonyl (C=O) groups excluding carboxylic acids is 1. The summed E-state index contributed by atoms with van der Waals surface area (Å²) in [6.07, 6.45) is 1.34. The Balaban J connectivity index is 1.57. The second kappa shape index (κ2) is 9.23. The Hall–Kier alpha value is -2.97. The van der Waals surface area contributed by atoms with Crippen LogP contribution in [0.1, 0.15) is 21.9 Å². The molecular weight excluding hydrogens is 382 g/mol. The quantitative estimate of drug-likeness (QED) is 0.596. The van der Waals surface area contributed by atoms with Crippen LogP contribution >= 0.6 is 0 Å². The highest BCUT2D eigenvalue weighted by Gasteiger charge is 2.25. The van der Waals surface area contributed by atoms with Gasteiger partial charge in [0.25, 0.3) is 5.91 Å². The maximum atomic E-state index is 13.5. The topological polar surface area (TPSA) is 76.6 Å². The predicted molar refractivity (Wildman–Crippen MR) is 112 cm³/mol. The Morgan fingerprint density at radius 2 is 1.97 bits per heavy atom. The number of aromatic nitrogens is 3. The second-order valence-corrected chi connectivity index (χ2v) is 7.48. The van der Waals surface area contributed by atoms with Crippen LogP contribution in [0.25, 0.3) is 11.3 Å². The fraction of sp³-hybridized carbons (Fsp3) is 0.409. The minimum atomic E-state index is -0.144. The van der Waals surface area contributed by atoms with Gasteiger partial charge in [0.2, 0.25) is 0 Å². The Labute approximate surface area is 176 Å². The lowest BCUT2D eigenvalue weighted by atomic mass is 10.1. The number of morpholine rings is 1. The molecule has 1 aliphatic rings. The molecule has 158 valence electrons. The zero-order valence-electron chi connectivity index (χ0n) is 17.5. The summed E-state index contributed by atoms with van der Waals surface area (Å²) in [6, 6.07) is 11.6. The number of rotatable bonds is 7. The third-order valence-corrected chi connectivity index (χ3v) is 5.33. The molecule has 0 bridgehead atoms. The van der Waals surface area contributed by atoms with Crippen LogP contribution in [-0.4, -0.2) is 69.9 Å². The molecule has 2 aromatic heterocycles. The molecule has 3 heterocycles. The Bertz CT molecular complexity index is 976. The van der Waals surface area contributed by atoms with E-state index < -0.39 is 0 Å². The molecule has 8 heteroatoms. The molecule has 0 unspecified atom stereocenters. The van der Waals surface area contributed by atoms with E-state index in [1.807, 2.05) is 60.0 Å². The zero-order valence-corrected chi connectivity index (χ0v) is 17.5. The molecule has 0 aliphatic carbocycles. The number of ether oxygens (including phenoxy) is 1. The average Bonchev–Trinajstić information content (AvgIpc) is 3.38. The SMILES string of the molecule is Cc1cc(CN(CCN2CCOCC2)C(=O)c2ncoc2-c2ccccc2)n(C)n1. The van der Waals surface area contributed by atoms with E-state index >= 15 is 0 Å². The minimum absolute atomic E-state index is 0.144. The fourth-order valence-corrected chi connectivity index (χ4v) is 3.69. The van der Waals surface area contributed by atoms with Crippen molar-refractivity contribution in [3.05, 3.63) is 59.9 Å². The van der Waals surface area contributed by atoms with Crippen molar-refractivity contribution in [1.82, 2.24) is 24.6 Å². The summed E-state index contributed by atoms with van der Waals surface area (Å²) in [6.45, 7) is 7.01. The molecule has 1 amide bonds. The van der Waals surface area contributed by atoms with Gasteiger partial charge in [-0.1, -0.05) is 30.3 Å². The highest BCUT2D eigenvalue weighted by Crippen LogP contribution is 2.24. The van der Waals surface area contributed by atoms with E-state index in [2.05, 4.69) is 15.0 Å². The van der Waals surface area contributed by atoms with Crippen molar-refractivity contribution in [3.8, 4) is 11.3 Å². The van der Waals surface area contributed by atoms with Crippen LogP contribution in [0.5, 0.6) is 0 Å². The summed E-state index contributed by atoms with van der Waals surface area (Å²) in [5.41, 5.74) is 3.08. The van der Waals surface area contributed by atoms with E-state index in [4.69, 9.17) is 9.15 Å². The van der Waals surface area contributed by atoms with Crippen molar-refractivity contribution in [2.75, 3.05) is 39.4 Å². The minimum Gasteiger partial charge on any atom is -0.443 e. The maximum absolute atomic E-state index is 13.5. The van der Waals surface area contributed by atoms with Crippen LogP contribution < -0.4 is 0 Å². The van der Waals surface area contributed by atoms with Crippen LogP contribution in [0.15, 0.2) is 47.2 Å². The molecule has 8 nitrogen and oxygen atoms in total. The molecule has 1 aromatic carbocycles. The van der Waals surface area contributed by atoms with Gasteiger partial charge >= 0.3 is 0 Å². The average molecular weight is 409 g/mol. The smallest absolute Gasteiger partial charge is 0.276 e. The van der Waals surface area contributed by atoms with E-state index in [1.54, 1.807) is 0 Å². The number of aryl methyl sites for hydroxylation is 2. The van der Waals surface area contributed by atoms with Gasteiger partial charge in [-0.3, -0.25) is 14.4 Å². The number of hydrogen-bond donors (Lipinski definition) is 0. The van der Waals surface area contributed by atoms with Gasteiger partial charge in [-0.2, -0.15) is 5.10 Å². The normalized spacial score (nSPS) is 14.7. The summed E-state index contributed by atoms with van der Waals surface area (Å²) in [4.78, 5) is 21.9. The van der Waals surface area contributed by atoms with Crippen molar-refractivity contribution in [3.63, 3.8) is 0 Å². The third kappa shape index (κ3) is 4.60. The number of nitrogens with zero attached hydrogens (tertiary/aromatic N) is 5. The molecular formula is C22H27N5O3. The van der Waals surface area contributed by atoms with Crippen LogP contribution in [0.4, 0.5) is 0 Å². The highest BCUT2D eigenvalue weighted by molar-refractivity contribution is 5.97. The van der Waals surface area contributed by atoms with Crippen LogP contribution in [0.3, 0.4) is 0 Å². The first-order chi connectivity index (χ1) is 14.6. The molecule has 3 aromatic rings. The zero-order chi connectivity index (χ0) is 20.9. The predicted octanol–water partition coefficient (Wildman–Crippen LogP) is 2.36. The number of hydrogen-bond acceptors (Lipinski definition) is 6. The lowest BCUT2D eigenvalue weighted by Crippen LogP contribution is -2.43.